The Morgan fingerprint density at radius 3 is 2.74 bits per heavy atom. The summed E-state index contributed by atoms with van der Waals surface area (Å²) in [6.45, 7) is 4.08. The second-order valence-corrected chi connectivity index (χ2v) is 5.05. The number of halogens is 1. The molecule has 1 aromatic heterocycles. The molecule has 0 saturated carbocycles. The number of benzene rings is 1. The van der Waals surface area contributed by atoms with Gasteiger partial charge in [-0.15, -0.1) is 0 Å². The number of aromatic nitrogens is 2. The van der Waals surface area contributed by atoms with Crippen LogP contribution >= 0.6 is 0 Å². The highest BCUT2D eigenvalue weighted by Gasteiger charge is 2.21. The van der Waals surface area contributed by atoms with E-state index in [0.29, 0.717) is 17.4 Å². The van der Waals surface area contributed by atoms with Crippen molar-refractivity contribution in [2.24, 2.45) is 5.92 Å². The third-order valence-electron chi connectivity index (χ3n) is 3.58. The summed E-state index contributed by atoms with van der Waals surface area (Å²) in [5.41, 5.74) is 0.378. The first-order valence-electron chi connectivity index (χ1n) is 6.57. The third-order valence-corrected chi connectivity index (χ3v) is 3.58. The number of piperidine rings is 1. The number of hydrogen-bond donors (Lipinski definition) is 0. The van der Waals surface area contributed by atoms with Crippen LogP contribution < -0.4 is 4.90 Å². The predicted molar refractivity (Wildman–Crippen MR) is 70.3 cm³/mol. The van der Waals surface area contributed by atoms with Gasteiger partial charge in [-0.25, -0.2) is 4.39 Å². The van der Waals surface area contributed by atoms with Gasteiger partial charge in [0.2, 0.25) is 5.82 Å². The van der Waals surface area contributed by atoms with Crippen LogP contribution in [-0.2, 0) is 0 Å². The first-order valence-corrected chi connectivity index (χ1v) is 6.57. The number of hydrogen-bond acceptors (Lipinski definition) is 4. The molecule has 0 spiro atoms. The van der Waals surface area contributed by atoms with Crippen LogP contribution in [0.25, 0.3) is 11.4 Å². The minimum absolute atomic E-state index is 0.312. The summed E-state index contributed by atoms with van der Waals surface area (Å²) in [5.74, 6) is 0.721. The van der Waals surface area contributed by atoms with Gasteiger partial charge in [0.05, 0.1) is 5.56 Å². The monoisotopic (exact) mass is 261 g/mol. The summed E-state index contributed by atoms with van der Waals surface area (Å²) in [7, 11) is 0. The molecule has 0 N–H and O–H groups in total. The average molecular weight is 261 g/mol. The molecule has 1 aliphatic heterocycles. The van der Waals surface area contributed by atoms with Gasteiger partial charge in [-0.3, -0.25) is 0 Å². The van der Waals surface area contributed by atoms with Gasteiger partial charge in [0, 0.05) is 13.1 Å². The number of nitrogens with zero attached hydrogens (tertiary/aromatic N) is 3. The van der Waals surface area contributed by atoms with Gasteiger partial charge in [-0.2, -0.15) is 4.98 Å². The molecular formula is C14H16FN3O. The lowest BCUT2D eigenvalue weighted by Gasteiger charge is -2.28. The molecule has 0 atom stereocenters. The summed E-state index contributed by atoms with van der Waals surface area (Å²) in [4.78, 5) is 6.36. The molecule has 2 heterocycles. The van der Waals surface area contributed by atoms with Crippen molar-refractivity contribution in [2.75, 3.05) is 18.0 Å². The zero-order valence-corrected chi connectivity index (χ0v) is 10.8. The highest BCUT2D eigenvalue weighted by Crippen LogP contribution is 2.25. The molecule has 0 radical (unpaired) electrons. The van der Waals surface area contributed by atoms with Crippen molar-refractivity contribution in [3.8, 4) is 11.4 Å². The second-order valence-electron chi connectivity index (χ2n) is 5.05. The summed E-state index contributed by atoms with van der Waals surface area (Å²) >= 11 is 0. The molecule has 0 aliphatic carbocycles. The molecule has 1 aromatic carbocycles. The van der Waals surface area contributed by atoms with Gasteiger partial charge in [0.15, 0.2) is 0 Å². The molecule has 0 amide bonds. The van der Waals surface area contributed by atoms with Crippen LogP contribution in [0.2, 0.25) is 0 Å². The van der Waals surface area contributed by atoms with Crippen molar-refractivity contribution >= 4 is 6.01 Å². The summed E-state index contributed by atoms with van der Waals surface area (Å²) in [6, 6.07) is 6.95. The van der Waals surface area contributed by atoms with E-state index in [1.807, 2.05) is 0 Å². The van der Waals surface area contributed by atoms with E-state index in [1.54, 1.807) is 18.2 Å². The fraction of sp³-hybridized carbons (Fsp3) is 0.429. The van der Waals surface area contributed by atoms with Crippen LogP contribution in [0, 0.1) is 11.7 Å². The fourth-order valence-corrected chi connectivity index (χ4v) is 2.30. The zero-order valence-electron chi connectivity index (χ0n) is 10.8. The Balaban J connectivity index is 1.82. The summed E-state index contributed by atoms with van der Waals surface area (Å²) in [6.07, 6.45) is 2.24. The molecule has 5 heteroatoms. The van der Waals surface area contributed by atoms with Gasteiger partial charge in [0.25, 0.3) is 0 Å². The van der Waals surface area contributed by atoms with E-state index >= 15 is 0 Å². The van der Waals surface area contributed by atoms with Crippen LogP contribution in [0.1, 0.15) is 19.8 Å². The lowest BCUT2D eigenvalue weighted by molar-refractivity contribution is 0.376. The first kappa shape index (κ1) is 12.1. The lowest BCUT2D eigenvalue weighted by atomic mass is 10.00. The largest absolute Gasteiger partial charge is 0.324 e. The van der Waals surface area contributed by atoms with Crippen LogP contribution in [0.4, 0.5) is 10.4 Å². The topological polar surface area (TPSA) is 42.2 Å². The van der Waals surface area contributed by atoms with Gasteiger partial charge in [-0.1, -0.05) is 24.2 Å². The quantitative estimate of drug-likeness (QED) is 0.833. The number of anilines is 1. The molecule has 0 bridgehead atoms. The Hall–Kier alpha value is -1.91. The van der Waals surface area contributed by atoms with Crippen molar-refractivity contribution < 1.29 is 8.91 Å². The highest BCUT2D eigenvalue weighted by molar-refractivity contribution is 5.56. The van der Waals surface area contributed by atoms with Gasteiger partial charge < -0.3 is 9.42 Å². The van der Waals surface area contributed by atoms with Crippen LogP contribution in [0.15, 0.2) is 28.8 Å². The van der Waals surface area contributed by atoms with Crippen molar-refractivity contribution in [1.82, 2.24) is 10.1 Å². The van der Waals surface area contributed by atoms with E-state index < -0.39 is 0 Å². The minimum Gasteiger partial charge on any atom is -0.324 e. The zero-order chi connectivity index (χ0) is 13.2. The van der Waals surface area contributed by atoms with Crippen LogP contribution in [0.3, 0.4) is 0 Å². The van der Waals surface area contributed by atoms with Crippen molar-refractivity contribution in [1.29, 1.82) is 0 Å². The molecular weight excluding hydrogens is 245 g/mol. The Morgan fingerprint density at radius 1 is 1.26 bits per heavy atom. The Labute approximate surface area is 111 Å². The maximum absolute atomic E-state index is 13.6. The van der Waals surface area contributed by atoms with Crippen molar-refractivity contribution in [3.05, 3.63) is 30.1 Å². The van der Waals surface area contributed by atoms with Crippen molar-refractivity contribution in [3.63, 3.8) is 0 Å². The Bertz CT molecular complexity index is 561. The number of rotatable bonds is 2. The molecule has 100 valence electrons. The van der Waals surface area contributed by atoms with Gasteiger partial charge in [0.1, 0.15) is 5.82 Å². The van der Waals surface area contributed by atoms with E-state index in [0.717, 1.165) is 31.8 Å². The minimum atomic E-state index is -0.331. The summed E-state index contributed by atoms with van der Waals surface area (Å²) in [5, 5.41) is 3.87. The van der Waals surface area contributed by atoms with E-state index in [2.05, 4.69) is 22.0 Å². The standard InChI is InChI=1S/C14H16FN3O/c1-10-6-8-18(9-7-10)14-16-13(17-19-14)11-4-2-3-5-12(11)15/h2-5,10H,6-9H2,1H3. The van der Waals surface area contributed by atoms with E-state index in [4.69, 9.17) is 4.52 Å². The van der Waals surface area contributed by atoms with Gasteiger partial charge in [-0.05, 0) is 30.9 Å². The molecule has 0 unspecified atom stereocenters. The van der Waals surface area contributed by atoms with Crippen LogP contribution in [-0.4, -0.2) is 23.2 Å². The molecule has 3 rings (SSSR count). The van der Waals surface area contributed by atoms with E-state index in [-0.39, 0.29) is 5.82 Å². The second kappa shape index (κ2) is 4.99. The van der Waals surface area contributed by atoms with E-state index in [1.165, 1.54) is 6.07 Å². The maximum Gasteiger partial charge on any atom is 0.324 e. The molecule has 1 fully saturated rings. The Morgan fingerprint density at radius 2 is 2.00 bits per heavy atom. The highest BCUT2D eigenvalue weighted by atomic mass is 19.1. The average Bonchev–Trinajstić information content (AvgIpc) is 2.89. The molecule has 4 nitrogen and oxygen atoms in total. The third kappa shape index (κ3) is 2.45. The van der Waals surface area contributed by atoms with Crippen LogP contribution in [0.5, 0.6) is 0 Å². The van der Waals surface area contributed by atoms with Gasteiger partial charge >= 0.3 is 6.01 Å². The fourth-order valence-electron chi connectivity index (χ4n) is 2.30. The van der Waals surface area contributed by atoms with E-state index in [9.17, 15) is 4.39 Å². The molecule has 2 aromatic rings. The normalized spacial score (nSPS) is 16.8. The molecule has 19 heavy (non-hydrogen) atoms. The first-order chi connectivity index (χ1) is 9.24. The molecule has 1 saturated heterocycles. The Kier molecular flexibility index (Phi) is 3.19. The van der Waals surface area contributed by atoms with Crippen molar-refractivity contribution in [2.45, 2.75) is 19.8 Å². The summed E-state index contributed by atoms with van der Waals surface area (Å²) < 4.78 is 18.9. The lowest BCUT2D eigenvalue weighted by Crippen LogP contribution is -2.32. The smallest absolute Gasteiger partial charge is 0.324 e. The predicted octanol–water partition coefficient (Wildman–Crippen LogP) is 3.11. The SMILES string of the molecule is CC1CCN(c2nc(-c3ccccc3F)no2)CC1. The maximum atomic E-state index is 13.6. The molecule has 1 aliphatic rings.